The van der Waals surface area contributed by atoms with Gasteiger partial charge >= 0.3 is 0 Å². The summed E-state index contributed by atoms with van der Waals surface area (Å²) in [4.78, 5) is 4.80. The Hall–Kier alpha value is -1.37. The van der Waals surface area contributed by atoms with Crippen LogP contribution in [0.4, 0.5) is 0 Å². The molecule has 0 aromatic heterocycles. The summed E-state index contributed by atoms with van der Waals surface area (Å²) < 4.78 is 0. The Kier molecular flexibility index (Phi) is 4.95. The second-order valence-electron chi connectivity index (χ2n) is 5.29. The molecule has 1 aliphatic rings. The Balaban J connectivity index is 1.87. The maximum Gasteiger partial charge on any atom is 0.0976 e. The SMILES string of the molecule is CCC(C#N)N1CCN(Cc2ccccc2C)CC1. The molecule has 3 nitrogen and oxygen atoms in total. The van der Waals surface area contributed by atoms with E-state index in [2.05, 4.69) is 54.0 Å². The van der Waals surface area contributed by atoms with Crippen molar-refractivity contribution in [3.63, 3.8) is 0 Å². The van der Waals surface area contributed by atoms with Crippen molar-refractivity contribution in [3.8, 4) is 6.07 Å². The molecular formula is C16H23N3. The van der Waals surface area contributed by atoms with E-state index in [1.165, 1.54) is 11.1 Å². The van der Waals surface area contributed by atoms with E-state index in [1.807, 2.05) is 0 Å². The van der Waals surface area contributed by atoms with Crippen LogP contribution >= 0.6 is 0 Å². The summed E-state index contributed by atoms with van der Waals surface area (Å²) in [6, 6.07) is 11.1. The standard InChI is InChI=1S/C16H23N3/c1-3-16(12-17)19-10-8-18(9-11-19)13-15-7-5-4-6-14(15)2/h4-7,16H,3,8-11,13H2,1-2H3. The van der Waals surface area contributed by atoms with Gasteiger partial charge in [-0.1, -0.05) is 31.2 Å². The van der Waals surface area contributed by atoms with Gasteiger partial charge in [0.15, 0.2) is 0 Å². The molecule has 0 radical (unpaired) electrons. The molecule has 1 aromatic carbocycles. The van der Waals surface area contributed by atoms with Crippen LogP contribution in [0.2, 0.25) is 0 Å². The van der Waals surface area contributed by atoms with Gasteiger partial charge in [0.2, 0.25) is 0 Å². The number of nitriles is 1. The molecule has 1 atom stereocenters. The summed E-state index contributed by atoms with van der Waals surface area (Å²) in [5.41, 5.74) is 2.79. The molecule has 0 N–H and O–H groups in total. The zero-order valence-corrected chi connectivity index (χ0v) is 12.0. The summed E-state index contributed by atoms with van der Waals surface area (Å²) in [5, 5.41) is 9.11. The van der Waals surface area contributed by atoms with Gasteiger partial charge in [0.1, 0.15) is 0 Å². The van der Waals surface area contributed by atoms with Crippen LogP contribution in [-0.4, -0.2) is 42.0 Å². The minimum absolute atomic E-state index is 0.0978. The normalized spacial score (nSPS) is 19.0. The van der Waals surface area contributed by atoms with Crippen LogP contribution in [0.15, 0.2) is 24.3 Å². The lowest BCUT2D eigenvalue weighted by molar-refractivity contribution is 0.108. The van der Waals surface area contributed by atoms with Crippen LogP contribution in [0.5, 0.6) is 0 Å². The first kappa shape index (κ1) is 14.0. The van der Waals surface area contributed by atoms with Gasteiger partial charge in [0, 0.05) is 32.7 Å². The molecule has 1 heterocycles. The van der Waals surface area contributed by atoms with E-state index >= 15 is 0 Å². The van der Waals surface area contributed by atoms with Crippen LogP contribution in [0.1, 0.15) is 24.5 Å². The predicted molar refractivity (Wildman–Crippen MR) is 77.7 cm³/mol. The van der Waals surface area contributed by atoms with Crippen molar-refractivity contribution in [1.29, 1.82) is 5.26 Å². The van der Waals surface area contributed by atoms with Gasteiger partial charge in [-0.15, -0.1) is 0 Å². The molecule has 1 saturated heterocycles. The fourth-order valence-corrected chi connectivity index (χ4v) is 2.69. The second-order valence-corrected chi connectivity index (χ2v) is 5.29. The Labute approximate surface area is 116 Å². The minimum atomic E-state index is 0.0978. The first-order valence-corrected chi connectivity index (χ1v) is 7.15. The highest BCUT2D eigenvalue weighted by molar-refractivity contribution is 5.25. The Bertz CT molecular complexity index is 442. The highest BCUT2D eigenvalue weighted by Gasteiger charge is 2.22. The van der Waals surface area contributed by atoms with E-state index in [-0.39, 0.29) is 6.04 Å². The van der Waals surface area contributed by atoms with Crippen molar-refractivity contribution in [2.45, 2.75) is 32.9 Å². The lowest BCUT2D eigenvalue weighted by Gasteiger charge is -2.36. The third-order valence-electron chi connectivity index (χ3n) is 4.04. The second kappa shape index (κ2) is 6.70. The van der Waals surface area contributed by atoms with E-state index < -0.39 is 0 Å². The van der Waals surface area contributed by atoms with Crippen molar-refractivity contribution in [3.05, 3.63) is 35.4 Å². The van der Waals surface area contributed by atoms with E-state index in [0.717, 1.165) is 39.1 Å². The average molecular weight is 257 g/mol. The molecule has 0 spiro atoms. The summed E-state index contributed by atoms with van der Waals surface area (Å²) >= 11 is 0. The third-order valence-corrected chi connectivity index (χ3v) is 4.04. The number of nitrogens with zero attached hydrogens (tertiary/aromatic N) is 3. The van der Waals surface area contributed by atoms with Gasteiger partial charge < -0.3 is 0 Å². The van der Waals surface area contributed by atoms with Gasteiger partial charge in [-0.25, -0.2) is 0 Å². The van der Waals surface area contributed by atoms with Gasteiger partial charge in [-0.3, -0.25) is 9.80 Å². The molecule has 3 heteroatoms. The average Bonchev–Trinajstić information content (AvgIpc) is 2.44. The zero-order valence-electron chi connectivity index (χ0n) is 12.0. The molecule has 102 valence electrons. The van der Waals surface area contributed by atoms with Crippen molar-refractivity contribution < 1.29 is 0 Å². The largest absolute Gasteiger partial charge is 0.297 e. The van der Waals surface area contributed by atoms with Crippen molar-refractivity contribution in [1.82, 2.24) is 9.80 Å². The lowest BCUT2D eigenvalue weighted by atomic mass is 10.1. The molecule has 0 bridgehead atoms. The molecule has 1 aromatic rings. The van der Waals surface area contributed by atoms with E-state index in [0.29, 0.717) is 0 Å². The molecule has 2 rings (SSSR count). The van der Waals surface area contributed by atoms with Crippen molar-refractivity contribution >= 4 is 0 Å². The van der Waals surface area contributed by atoms with Gasteiger partial charge in [0.05, 0.1) is 12.1 Å². The summed E-state index contributed by atoms with van der Waals surface area (Å²) in [7, 11) is 0. The van der Waals surface area contributed by atoms with Crippen LogP contribution in [0.25, 0.3) is 0 Å². The number of benzene rings is 1. The van der Waals surface area contributed by atoms with Crippen molar-refractivity contribution in [2.24, 2.45) is 0 Å². The van der Waals surface area contributed by atoms with Gasteiger partial charge in [-0.05, 0) is 24.5 Å². The van der Waals surface area contributed by atoms with Crippen molar-refractivity contribution in [2.75, 3.05) is 26.2 Å². The maximum atomic E-state index is 9.11. The monoisotopic (exact) mass is 257 g/mol. The first-order valence-electron chi connectivity index (χ1n) is 7.15. The predicted octanol–water partition coefficient (Wildman–Crippen LogP) is 2.41. The highest BCUT2D eigenvalue weighted by atomic mass is 15.3. The molecule has 0 saturated carbocycles. The number of aryl methyl sites for hydroxylation is 1. The van der Waals surface area contributed by atoms with Crippen LogP contribution in [0, 0.1) is 18.3 Å². The topological polar surface area (TPSA) is 30.3 Å². The summed E-state index contributed by atoms with van der Waals surface area (Å²) in [6.07, 6.45) is 0.925. The van der Waals surface area contributed by atoms with Gasteiger partial charge in [-0.2, -0.15) is 5.26 Å². The van der Waals surface area contributed by atoms with Crippen LogP contribution in [0.3, 0.4) is 0 Å². The van der Waals surface area contributed by atoms with Crippen LogP contribution < -0.4 is 0 Å². The fraction of sp³-hybridized carbons (Fsp3) is 0.562. The smallest absolute Gasteiger partial charge is 0.0976 e. The first-order chi connectivity index (χ1) is 9.24. The fourth-order valence-electron chi connectivity index (χ4n) is 2.69. The Morgan fingerprint density at radius 2 is 1.89 bits per heavy atom. The van der Waals surface area contributed by atoms with E-state index in [4.69, 9.17) is 5.26 Å². The van der Waals surface area contributed by atoms with Gasteiger partial charge in [0.25, 0.3) is 0 Å². The Morgan fingerprint density at radius 1 is 1.21 bits per heavy atom. The molecule has 1 fully saturated rings. The van der Waals surface area contributed by atoms with E-state index in [9.17, 15) is 0 Å². The molecule has 0 aliphatic carbocycles. The number of hydrogen-bond acceptors (Lipinski definition) is 3. The van der Waals surface area contributed by atoms with Crippen LogP contribution in [-0.2, 0) is 6.54 Å². The minimum Gasteiger partial charge on any atom is -0.297 e. The molecule has 1 aliphatic heterocycles. The molecule has 1 unspecified atom stereocenters. The number of rotatable bonds is 4. The highest BCUT2D eigenvalue weighted by Crippen LogP contribution is 2.14. The maximum absolute atomic E-state index is 9.11. The zero-order chi connectivity index (χ0) is 13.7. The number of piperazine rings is 1. The summed E-state index contributed by atoms with van der Waals surface area (Å²) in [5.74, 6) is 0. The third kappa shape index (κ3) is 3.56. The Morgan fingerprint density at radius 3 is 2.47 bits per heavy atom. The lowest BCUT2D eigenvalue weighted by Crippen LogP contribution is -2.49. The molecule has 19 heavy (non-hydrogen) atoms. The number of hydrogen-bond donors (Lipinski definition) is 0. The van der Waals surface area contributed by atoms with E-state index in [1.54, 1.807) is 0 Å². The molecule has 0 amide bonds. The summed E-state index contributed by atoms with van der Waals surface area (Å²) in [6.45, 7) is 9.45. The molecular weight excluding hydrogens is 234 g/mol. The quantitative estimate of drug-likeness (QED) is 0.830.